The molecule has 0 amide bonds. The minimum absolute atomic E-state index is 0. The Labute approximate surface area is 57.7 Å². The molecule has 0 aromatic carbocycles. The van der Waals surface area contributed by atoms with Crippen LogP contribution in [0.2, 0.25) is 0 Å². The molecule has 0 atom stereocenters. The van der Waals surface area contributed by atoms with Crippen molar-refractivity contribution in [3.63, 3.8) is 0 Å². The van der Waals surface area contributed by atoms with Crippen LogP contribution in [0.15, 0.2) is 4.99 Å². The fourth-order valence-corrected chi connectivity index (χ4v) is 0. The van der Waals surface area contributed by atoms with Gasteiger partial charge in [0, 0.05) is 32.7 Å². The smallest absolute Gasteiger partial charge is 0 e. The molecule has 0 rings (SSSR count). The number of rotatable bonds is 0. The molecular weight excluding hydrogens is 139 g/mol. The molecule has 0 unspecified atom stereocenters. The molecule has 27 valence electrons. The normalized spacial score (nSPS) is 7.60. The molecule has 0 saturated carbocycles. The average Bonchev–Trinajstić information content (AvgIpc) is 1.37. The van der Waals surface area contributed by atoms with Crippen molar-refractivity contribution in [3.05, 3.63) is 0 Å². The molecule has 0 aliphatic carbocycles. The number of aliphatic imine (C=N–C) groups is 1. The average molecular weight is 145 g/mol. The molecule has 0 aliphatic heterocycles. The molecule has 0 heterocycles. The molecule has 2 heteroatoms. The third-order valence-corrected chi connectivity index (χ3v) is 0.224. The summed E-state index contributed by atoms with van der Waals surface area (Å²) in [6.45, 7) is 1.76. The molecule has 0 aromatic rings. The Hall–Kier alpha value is 0.774. The summed E-state index contributed by atoms with van der Waals surface area (Å²) in [6, 6.07) is 0. The van der Waals surface area contributed by atoms with Gasteiger partial charge >= 0.3 is 0 Å². The molecule has 1 nitrogen and oxygen atoms in total. The van der Waals surface area contributed by atoms with Gasteiger partial charge in [-0.2, -0.15) is 6.92 Å². The Morgan fingerprint density at radius 2 is 1.80 bits per heavy atom. The van der Waals surface area contributed by atoms with Crippen LogP contribution < -0.4 is 0 Å². The van der Waals surface area contributed by atoms with Crippen LogP contribution in [0.3, 0.4) is 0 Å². The van der Waals surface area contributed by atoms with Crippen LogP contribution in [-0.2, 0) is 32.7 Å². The van der Waals surface area contributed by atoms with E-state index >= 15 is 0 Å². The quantitative estimate of drug-likeness (QED) is 0.349. The van der Waals surface area contributed by atoms with E-state index in [1.165, 1.54) is 0 Å². The zero-order valence-corrected chi connectivity index (χ0v) is 6.36. The van der Waals surface area contributed by atoms with Crippen LogP contribution in [0.1, 0.15) is 6.92 Å². The van der Waals surface area contributed by atoms with E-state index in [1.54, 1.807) is 14.0 Å². The molecule has 0 bridgehead atoms. The van der Waals surface area contributed by atoms with Crippen LogP contribution in [0.4, 0.5) is 0 Å². The molecule has 1 radical (unpaired) electrons. The summed E-state index contributed by atoms with van der Waals surface area (Å²) in [5.74, 6) is 0. The molecule has 5 heavy (non-hydrogen) atoms. The van der Waals surface area contributed by atoms with Crippen molar-refractivity contribution in [1.29, 1.82) is 0 Å². The van der Waals surface area contributed by atoms with E-state index in [2.05, 4.69) is 11.2 Å². The summed E-state index contributed by atoms with van der Waals surface area (Å²) >= 11 is 0. The van der Waals surface area contributed by atoms with Crippen molar-refractivity contribution in [3.8, 4) is 0 Å². The fraction of sp³-hybridized carbons (Fsp3) is 0.667. The van der Waals surface area contributed by atoms with Crippen molar-refractivity contribution in [2.45, 2.75) is 6.92 Å². The van der Waals surface area contributed by atoms with Crippen LogP contribution in [-0.4, -0.2) is 13.3 Å². The van der Waals surface area contributed by atoms with Gasteiger partial charge in [0.05, 0.1) is 0 Å². The largest absolute Gasteiger partial charge is 0.506 e. The second-order valence-corrected chi connectivity index (χ2v) is 0.447. The van der Waals surface area contributed by atoms with Gasteiger partial charge in [-0.1, -0.05) is 0 Å². The minimum atomic E-state index is 0. The fourth-order valence-electron chi connectivity index (χ4n) is 0. The molecule has 0 saturated heterocycles. The van der Waals surface area contributed by atoms with E-state index in [-0.39, 0.29) is 32.7 Å². The predicted octanol–water partition coefficient (Wildman–Crippen LogP) is 0.581. The van der Waals surface area contributed by atoms with Gasteiger partial charge in [-0.05, 0) is 7.05 Å². The maximum atomic E-state index is 3.49. The van der Waals surface area contributed by atoms with Crippen molar-refractivity contribution < 1.29 is 32.7 Å². The second kappa shape index (κ2) is 8.84. The molecule has 0 aromatic heterocycles. The Morgan fingerprint density at radius 1 is 1.60 bits per heavy atom. The molecule has 0 spiro atoms. The summed E-state index contributed by atoms with van der Waals surface area (Å²) in [7, 11) is 1.69. The van der Waals surface area contributed by atoms with Gasteiger partial charge in [-0.25, -0.2) is 0 Å². The first-order valence-electron chi connectivity index (χ1n) is 1.17. The summed E-state index contributed by atoms with van der Waals surface area (Å²) in [5.41, 5.74) is 0. The zero-order valence-electron chi connectivity index (χ0n) is 3.52. The minimum Gasteiger partial charge on any atom is -0.506 e. The van der Waals surface area contributed by atoms with Gasteiger partial charge in [-0.15, -0.1) is 0 Å². The van der Waals surface area contributed by atoms with Gasteiger partial charge in [0.1, 0.15) is 0 Å². The third-order valence-electron chi connectivity index (χ3n) is 0.224. The molecule has 0 aliphatic rings. The molecule has 0 fully saturated rings. The monoisotopic (exact) mass is 145 g/mol. The van der Waals surface area contributed by atoms with Crippen LogP contribution in [0, 0.1) is 0 Å². The maximum absolute atomic E-state index is 3.49. The van der Waals surface area contributed by atoms with Gasteiger partial charge in [0.25, 0.3) is 0 Å². The van der Waals surface area contributed by atoms with Gasteiger partial charge in [0.15, 0.2) is 0 Å². The summed E-state index contributed by atoms with van der Waals surface area (Å²) in [4.78, 5) is 3.49. The van der Waals surface area contributed by atoms with Crippen LogP contribution in [0.5, 0.6) is 0 Å². The SMILES string of the molecule is C[C-]=NC.[Y]. The molecular formula is C3H6NY-. The Kier molecular flexibility index (Phi) is 16.3. The Balaban J connectivity index is 0. The van der Waals surface area contributed by atoms with Crippen molar-refractivity contribution in [2.24, 2.45) is 4.99 Å². The summed E-state index contributed by atoms with van der Waals surface area (Å²) in [6.07, 6.45) is 2.56. The second-order valence-electron chi connectivity index (χ2n) is 0.447. The van der Waals surface area contributed by atoms with Gasteiger partial charge < -0.3 is 11.2 Å². The van der Waals surface area contributed by atoms with Gasteiger partial charge in [0.2, 0.25) is 0 Å². The van der Waals surface area contributed by atoms with Gasteiger partial charge in [-0.3, -0.25) is 0 Å². The predicted molar refractivity (Wildman–Crippen MR) is 19.0 cm³/mol. The van der Waals surface area contributed by atoms with E-state index in [0.717, 1.165) is 0 Å². The third kappa shape index (κ3) is 11.7. The van der Waals surface area contributed by atoms with Crippen LogP contribution >= 0.6 is 0 Å². The van der Waals surface area contributed by atoms with E-state index in [1.807, 2.05) is 0 Å². The van der Waals surface area contributed by atoms with E-state index in [9.17, 15) is 0 Å². The van der Waals surface area contributed by atoms with Crippen LogP contribution in [0.25, 0.3) is 0 Å². The van der Waals surface area contributed by atoms with E-state index in [0.29, 0.717) is 0 Å². The number of nitrogens with zero attached hydrogens (tertiary/aromatic N) is 1. The van der Waals surface area contributed by atoms with Crippen molar-refractivity contribution >= 4 is 6.21 Å². The first-order chi connectivity index (χ1) is 1.91. The number of hydrogen-bond acceptors (Lipinski definition) is 1. The standard InChI is InChI=1S/C3H6N.Y/c1-3-4-2;/h1-2H3;/q-1;. The molecule has 0 N–H and O–H groups in total. The van der Waals surface area contributed by atoms with Crippen molar-refractivity contribution in [2.75, 3.05) is 7.05 Å². The van der Waals surface area contributed by atoms with Crippen molar-refractivity contribution in [1.82, 2.24) is 0 Å². The van der Waals surface area contributed by atoms with E-state index < -0.39 is 0 Å². The maximum Gasteiger partial charge on any atom is 0 e. The first-order valence-corrected chi connectivity index (χ1v) is 1.17. The Bertz CT molecular complexity index is 22.1. The number of hydrogen-bond donors (Lipinski definition) is 0. The summed E-state index contributed by atoms with van der Waals surface area (Å²) < 4.78 is 0. The summed E-state index contributed by atoms with van der Waals surface area (Å²) in [5, 5.41) is 0. The van der Waals surface area contributed by atoms with E-state index in [4.69, 9.17) is 0 Å². The first kappa shape index (κ1) is 9.24. The zero-order chi connectivity index (χ0) is 3.41. The Morgan fingerprint density at radius 3 is 1.80 bits per heavy atom. The topological polar surface area (TPSA) is 12.4 Å².